The lowest BCUT2D eigenvalue weighted by atomic mass is 10.1. The molecule has 0 aliphatic carbocycles. The molecule has 0 unspecified atom stereocenters. The summed E-state index contributed by atoms with van der Waals surface area (Å²) in [7, 11) is -2.91. The Kier molecular flexibility index (Phi) is 6.54. The maximum Gasteiger partial charge on any atom is 0.277 e. The molecule has 0 radical (unpaired) electrons. The predicted molar refractivity (Wildman–Crippen MR) is 103 cm³/mol. The van der Waals surface area contributed by atoms with Crippen molar-refractivity contribution >= 4 is 27.5 Å². The first-order chi connectivity index (χ1) is 12.9. The van der Waals surface area contributed by atoms with Crippen LogP contribution in [0.15, 0.2) is 33.9 Å². The molecular formula is C18H23N3O4S2. The summed E-state index contributed by atoms with van der Waals surface area (Å²) in [5.41, 5.74) is 2.44. The Balaban J connectivity index is 1.38. The van der Waals surface area contributed by atoms with Crippen LogP contribution in [0.25, 0.3) is 0 Å². The van der Waals surface area contributed by atoms with Crippen LogP contribution in [0.2, 0.25) is 0 Å². The van der Waals surface area contributed by atoms with Crippen LogP contribution in [-0.4, -0.2) is 48.3 Å². The van der Waals surface area contributed by atoms with Gasteiger partial charge in [-0.1, -0.05) is 36.0 Å². The zero-order valence-corrected chi connectivity index (χ0v) is 16.8. The number of hydrogen-bond acceptors (Lipinski definition) is 7. The molecule has 0 spiro atoms. The third kappa shape index (κ3) is 6.07. The highest BCUT2D eigenvalue weighted by Crippen LogP contribution is 2.23. The molecule has 1 atom stereocenters. The summed E-state index contributed by atoms with van der Waals surface area (Å²) in [4.78, 5) is 12.0. The van der Waals surface area contributed by atoms with Crippen molar-refractivity contribution in [2.45, 2.75) is 31.4 Å². The first-order valence-corrected chi connectivity index (χ1v) is 11.7. The van der Waals surface area contributed by atoms with Crippen LogP contribution in [0.3, 0.4) is 0 Å². The van der Waals surface area contributed by atoms with E-state index in [0.29, 0.717) is 30.5 Å². The van der Waals surface area contributed by atoms with Crippen molar-refractivity contribution in [2.24, 2.45) is 5.92 Å². The standard InChI is InChI=1S/C18H23N3O4S2/c1-13-4-2-3-5-15(13)6-8-19-16(22)11-26-18-21-20-17(25-18)10-14-7-9-27(23,24)12-14/h2-5,14H,6-12H2,1H3,(H,19,22)/t14-/m0/s1. The van der Waals surface area contributed by atoms with Gasteiger partial charge in [-0.3, -0.25) is 4.79 Å². The average molecular weight is 410 g/mol. The SMILES string of the molecule is Cc1ccccc1CCNC(=O)CSc1nnc(C[C@@H]2CCS(=O)(=O)C2)o1. The van der Waals surface area contributed by atoms with Gasteiger partial charge in [0.15, 0.2) is 9.84 Å². The number of thioether (sulfide) groups is 1. The van der Waals surface area contributed by atoms with E-state index < -0.39 is 9.84 Å². The second-order valence-electron chi connectivity index (χ2n) is 6.75. The lowest BCUT2D eigenvalue weighted by molar-refractivity contribution is -0.118. The van der Waals surface area contributed by atoms with Gasteiger partial charge in [0, 0.05) is 13.0 Å². The van der Waals surface area contributed by atoms with Gasteiger partial charge in [-0.15, -0.1) is 10.2 Å². The van der Waals surface area contributed by atoms with E-state index in [4.69, 9.17) is 4.42 Å². The monoisotopic (exact) mass is 409 g/mol. The largest absolute Gasteiger partial charge is 0.416 e. The van der Waals surface area contributed by atoms with Gasteiger partial charge < -0.3 is 9.73 Å². The topological polar surface area (TPSA) is 102 Å². The number of aryl methyl sites for hydroxylation is 1. The predicted octanol–water partition coefficient (Wildman–Crippen LogP) is 1.81. The molecule has 1 aliphatic heterocycles. The van der Waals surface area contributed by atoms with E-state index in [1.54, 1.807) is 0 Å². The van der Waals surface area contributed by atoms with Gasteiger partial charge in [-0.2, -0.15) is 0 Å². The fourth-order valence-corrected chi connectivity index (χ4v) is 5.54. The zero-order valence-electron chi connectivity index (χ0n) is 15.2. The molecule has 1 amide bonds. The summed E-state index contributed by atoms with van der Waals surface area (Å²) in [6.07, 6.45) is 1.89. The van der Waals surface area contributed by atoms with Gasteiger partial charge >= 0.3 is 0 Å². The second kappa shape index (κ2) is 8.88. The highest BCUT2D eigenvalue weighted by atomic mass is 32.2. The van der Waals surface area contributed by atoms with Crippen molar-refractivity contribution < 1.29 is 17.6 Å². The highest BCUT2D eigenvalue weighted by Gasteiger charge is 2.29. The third-order valence-electron chi connectivity index (χ3n) is 4.54. The molecule has 1 aromatic carbocycles. The molecule has 1 saturated heterocycles. The minimum absolute atomic E-state index is 0.0399. The van der Waals surface area contributed by atoms with Crippen LogP contribution in [0.4, 0.5) is 0 Å². The van der Waals surface area contributed by atoms with Gasteiger partial charge in [0.1, 0.15) is 0 Å². The summed E-state index contributed by atoms with van der Waals surface area (Å²) in [6, 6.07) is 8.11. The number of carbonyl (C=O) groups excluding carboxylic acids is 1. The number of rotatable bonds is 8. The molecule has 3 rings (SSSR count). The Morgan fingerprint density at radius 3 is 2.89 bits per heavy atom. The lowest BCUT2D eigenvalue weighted by Gasteiger charge is -2.06. The van der Waals surface area contributed by atoms with Crippen molar-refractivity contribution in [1.29, 1.82) is 0 Å². The van der Waals surface area contributed by atoms with Gasteiger partial charge in [-0.25, -0.2) is 8.42 Å². The Bertz CT molecular complexity index is 896. The molecule has 9 heteroatoms. The number of nitrogens with zero attached hydrogens (tertiary/aromatic N) is 2. The van der Waals surface area contributed by atoms with Gasteiger partial charge in [0.25, 0.3) is 5.22 Å². The number of sulfone groups is 1. The number of hydrogen-bond donors (Lipinski definition) is 1. The van der Waals surface area contributed by atoms with Crippen molar-refractivity contribution in [2.75, 3.05) is 23.8 Å². The van der Waals surface area contributed by atoms with Gasteiger partial charge in [0.05, 0.1) is 17.3 Å². The smallest absolute Gasteiger partial charge is 0.277 e. The Labute approximate surface area is 163 Å². The average Bonchev–Trinajstić information content (AvgIpc) is 3.21. The van der Waals surface area contributed by atoms with Crippen LogP contribution in [0.5, 0.6) is 0 Å². The van der Waals surface area contributed by atoms with Crippen molar-refractivity contribution in [1.82, 2.24) is 15.5 Å². The van der Waals surface area contributed by atoms with E-state index in [-0.39, 0.29) is 29.1 Å². The molecule has 1 aromatic heterocycles. The zero-order chi connectivity index (χ0) is 19.3. The molecule has 0 saturated carbocycles. The Hall–Kier alpha value is -1.87. The third-order valence-corrected chi connectivity index (χ3v) is 7.20. The number of amides is 1. The maximum atomic E-state index is 12.0. The lowest BCUT2D eigenvalue weighted by Crippen LogP contribution is -2.27. The molecule has 7 nitrogen and oxygen atoms in total. The van der Waals surface area contributed by atoms with E-state index >= 15 is 0 Å². The quantitative estimate of drug-likeness (QED) is 0.663. The van der Waals surface area contributed by atoms with E-state index in [1.807, 2.05) is 12.1 Å². The molecule has 2 aromatic rings. The first-order valence-electron chi connectivity index (χ1n) is 8.88. The summed E-state index contributed by atoms with van der Waals surface area (Å²) in [6.45, 7) is 2.64. The minimum atomic E-state index is -2.91. The number of nitrogens with one attached hydrogen (secondary N) is 1. The molecule has 1 N–H and O–H groups in total. The van der Waals surface area contributed by atoms with Crippen LogP contribution in [0, 0.1) is 12.8 Å². The fraction of sp³-hybridized carbons (Fsp3) is 0.500. The van der Waals surface area contributed by atoms with Gasteiger partial charge in [-0.05, 0) is 36.8 Å². The second-order valence-corrected chi connectivity index (χ2v) is 9.91. The van der Waals surface area contributed by atoms with E-state index in [9.17, 15) is 13.2 Å². The molecule has 1 fully saturated rings. The molecule has 2 heterocycles. The fourth-order valence-electron chi connectivity index (χ4n) is 3.06. The molecule has 1 aliphatic rings. The summed E-state index contributed by atoms with van der Waals surface area (Å²) in [5, 5.41) is 11.1. The summed E-state index contributed by atoms with van der Waals surface area (Å²) < 4.78 is 28.5. The molecular weight excluding hydrogens is 386 g/mol. The highest BCUT2D eigenvalue weighted by molar-refractivity contribution is 7.99. The van der Waals surface area contributed by atoms with Crippen LogP contribution in [-0.2, 0) is 27.5 Å². The van der Waals surface area contributed by atoms with E-state index in [2.05, 4.69) is 34.6 Å². The first kappa shape index (κ1) is 19.9. The number of benzene rings is 1. The van der Waals surface area contributed by atoms with Gasteiger partial charge in [0.2, 0.25) is 11.8 Å². The van der Waals surface area contributed by atoms with Crippen LogP contribution < -0.4 is 5.32 Å². The Morgan fingerprint density at radius 2 is 2.15 bits per heavy atom. The normalized spacial score (nSPS) is 18.5. The molecule has 146 valence electrons. The van der Waals surface area contributed by atoms with E-state index in [0.717, 1.165) is 6.42 Å². The van der Waals surface area contributed by atoms with Crippen molar-refractivity contribution in [3.63, 3.8) is 0 Å². The summed E-state index contributed by atoms with van der Waals surface area (Å²) in [5.74, 6) is 0.998. The van der Waals surface area contributed by atoms with Crippen molar-refractivity contribution in [3.8, 4) is 0 Å². The minimum Gasteiger partial charge on any atom is -0.416 e. The van der Waals surface area contributed by atoms with Crippen LogP contribution >= 0.6 is 11.8 Å². The Morgan fingerprint density at radius 1 is 1.33 bits per heavy atom. The van der Waals surface area contributed by atoms with E-state index in [1.165, 1.54) is 22.9 Å². The molecule has 0 bridgehead atoms. The number of carbonyl (C=O) groups is 1. The maximum absolute atomic E-state index is 12.0. The van der Waals surface area contributed by atoms with Crippen LogP contribution in [0.1, 0.15) is 23.4 Å². The summed E-state index contributed by atoms with van der Waals surface area (Å²) >= 11 is 1.19. The van der Waals surface area contributed by atoms with Crippen molar-refractivity contribution in [3.05, 3.63) is 41.3 Å². The number of aromatic nitrogens is 2. The molecule has 27 heavy (non-hydrogen) atoms.